The molecule has 0 bridgehead atoms. The van der Waals surface area contributed by atoms with Gasteiger partial charge in [0.25, 0.3) is 0 Å². The molecule has 1 atom stereocenters. The van der Waals surface area contributed by atoms with Gasteiger partial charge in [-0.1, -0.05) is 17.2 Å². The van der Waals surface area contributed by atoms with Crippen LogP contribution < -0.4 is 0 Å². The van der Waals surface area contributed by atoms with Crippen LogP contribution in [0.15, 0.2) is 9.05 Å². The van der Waals surface area contributed by atoms with Crippen LogP contribution in [-0.2, 0) is 13.0 Å². The van der Waals surface area contributed by atoms with E-state index in [1.165, 1.54) is 5.56 Å². The third kappa shape index (κ3) is 2.35. The van der Waals surface area contributed by atoms with Crippen LogP contribution in [0.25, 0.3) is 0 Å². The Hall–Kier alpha value is -1.69. The third-order valence-corrected chi connectivity index (χ3v) is 3.99. The Labute approximate surface area is 118 Å². The highest BCUT2D eigenvalue weighted by atomic mass is 16.5. The van der Waals surface area contributed by atoms with Gasteiger partial charge in [0.15, 0.2) is 5.82 Å². The molecule has 0 aliphatic carbocycles. The van der Waals surface area contributed by atoms with Crippen molar-refractivity contribution in [3.63, 3.8) is 0 Å². The molecule has 2 aromatic rings. The van der Waals surface area contributed by atoms with Crippen molar-refractivity contribution >= 4 is 0 Å². The summed E-state index contributed by atoms with van der Waals surface area (Å²) in [5, 5.41) is 8.15. The minimum Gasteiger partial charge on any atom is -0.361 e. The molecule has 0 amide bonds. The largest absolute Gasteiger partial charge is 0.361 e. The Morgan fingerprint density at radius 2 is 2.10 bits per heavy atom. The molecule has 0 N–H and O–H groups in total. The van der Waals surface area contributed by atoms with E-state index in [9.17, 15) is 0 Å². The van der Waals surface area contributed by atoms with E-state index in [0.717, 1.165) is 49.6 Å². The van der Waals surface area contributed by atoms with E-state index in [2.05, 4.69) is 20.2 Å². The minimum absolute atomic E-state index is 0.243. The Balaban J connectivity index is 1.79. The Morgan fingerprint density at radius 3 is 2.75 bits per heavy atom. The van der Waals surface area contributed by atoms with Crippen LogP contribution in [0.3, 0.4) is 0 Å². The van der Waals surface area contributed by atoms with E-state index in [4.69, 9.17) is 9.05 Å². The molecule has 20 heavy (non-hydrogen) atoms. The summed E-state index contributed by atoms with van der Waals surface area (Å²) < 4.78 is 10.5. The first kappa shape index (κ1) is 13.3. The van der Waals surface area contributed by atoms with Gasteiger partial charge < -0.3 is 9.05 Å². The van der Waals surface area contributed by atoms with Crippen LogP contribution in [0.5, 0.6) is 0 Å². The quantitative estimate of drug-likeness (QED) is 0.855. The predicted octanol–water partition coefficient (Wildman–Crippen LogP) is 2.57. The van der Waals surface area contributed by atoms with Crippen molar-refractivity contribution in [3.05, 3.63) is 28.7 Å². The lowest BCUT2D eigenvalue weighted by Gasteiger charge is -2.21. The summed E-state index contributed by atoms with van der Waals surface area (Å²) in [4.78, 5) is 6.86. The van der Waals surface area contributed by atoms with E-state index in [1.54, 1.807) is 0 Å². The van der Waals surface area contributed by atoms with Gasteiger partial charge in [-0.2, -0.15) is 4.98 Å². The number of aryl methyl sites for hydroxylation is 3. The van der Waals surface area contributed by atoms with Gasteiger partial charge >= 0.3 is 0 Å². The molecule has 0 aromatic carbocycles. The van der Waals surface area contributed by atoms with Crippen molar-refractivity contribution in [3.8, 4) is 0 Å². The fourth-order valence-electron chi connectivity index (χ4n) is 2.79. The molecule has 6 nitrogen and oxygen atoms in total. The lowest BCUT2D eigenvalue weighted by molar-refractivity contribution is 0.232. The highest BCUT2D eigenvalue weighted by Crippen LogP contribution is 2.32. The molecule has 2 aromatic heterocycles. The summed E-state index contributed by atoms with van der Waals surface area (Å²) in [5.41, 5.74) is 2.15. The van der Waals surface area contributed by atoms with Gasteiger partial charge in [0.05, 0.1) is 11.7 Å². The molecular formula is C14H20N4O2. The summed E-state index contributed by atoms with van der Waals surface area (Å²) in [6, 6.07) is 0.243. The third-order valence-electron chi connectivity index (χ3n) is 3.99. The zero-order valence-electron chi connectivity index (χ0n) is 12.2. The highest BCUT2D eigenvalue weighted by molar-refractivity contribution is 5.21. The second-order valence-corrected chi connectivity index (χ2v) is 5.33. The molecule has 0 unspecified atom stereocenters. The van der Waals surface area contributed by atoms with Crippen molar-refractivity contribution in [2.24, 2.45) is 0 Å². The Morgan fingerprint density at radius 1 is 1.25 bits per heavy atom. The van der Waals surface area contributed by atoms with Gasteiger partial charge in [0.2, 0.25) is 5.89 Å². The number of nitrogens with zero attached hydrogens (tertiary/aromatic N) is 4. The molecule has 0 spiro atoms. The molecule has 3 heterocycles. The van der Waals surface area contributed by atoms with Crippen LogP contribution in [-0.4, -0.2) is 26.7 Å². The van der Waals surface area contributed by atoms with Crippen LogP contribution in [0.4, 0.5) is 0 Å². The van der Waals surface area contributed by atoms with Crippen LogP contribution in [0.2, 0.25) is 0 Å². The molecule has 6 heteroatoms. The average molecular weight is 276 g/mol. The van der Waals surface area contributed by atoms with E-state index >= 15 is 0 Å². The number of likely N-dealkylation sites (tertiary alicyclic amines) is 1. The first-order chi connectivity index (χ1) is 9.69. The fraction of sp³-hybridized carbons (Fsp3) is 0.643. The van der Waals surface area contributed by atoms with Crippen LogP contribution in [0.1, 0.15) is 54.5 Å². The van der Waals surface area contributed by atoms with E-state index < -0.39 is 0 Å². The van der Waals surface area contributed by atoms with Crippen molar-refractivity contribution < 1.29 is 9.05 Å². The second-order valence-electron chi connectivity index (χ2n) is 5.33. The topological polar surface area (TPSA) is 68.2 Å². The molecule has 108 valence electrons. The molecular weight excluding hydrogens is 256 g/mol. The molecule has 1 fully saturated rings. The first-order valence-electron chi connectivity index (χ1n) is 7.17. The summed E-state index contributed by atoms with van der Waals surface area (Å²) in [6.07, 6.45) is 3.01. The van der Waals surface area contributed by atoms with E-state index in [-0.39, 0.29) is 6.04 Å². The van der Waals surface area contributed by atoms with Crippen molar-refractivity contribution in [1.29, 1.82) is 0 Å². The predicted molar refractivity (Wildman–Crippen MR) is 72.0 cm³/mol. The van der Waals surface area contributed by atoms with Gasteiger partial charge in [-0.05, 0) is 33.2 Å². The zero-order valence-corrected chi connectivity index (χ0v) is 12.2. The maximum Gasteiger partial charge on any atom is 0.226 e. The Bertz CT molecular complexity index is 570. The summed E-state index contributed by atoms with van der Waals surface area (Å²) in [7, 11) is 0. The first-order valence-corrected chi connectivity index (χ1v) is 7.17. The van der Waals surface area contributed by atoms with E-state index in [1.807, 2.05) is 20.8 Å². The smallest absolute Gasteiger partial charge is 0.226 e. The number of hydrogen-bond acceptors (Lipinski definition) is 6. The maximum absolute atomic E-state index is 5.24. The molecule has 0 radical (unpaired) electrons. The van der Waals surface area contributed by atoms with Gasteiger partial charge in [-0.3, -0.25) is 4.90 Å². The van der Waals surface area contributed by atoms with Gasteiger partial charge in [0, 0.05) is 18.5 Å². The molecule has 1 aliphatic rings. The average Bonchev–Trinajstić information content (AvgIpc) is 3.14. The molecule has 0 saturated carbocycles. The highest BCUT2D eigenvalue weighted by Gasteiger charge is 2.31. The van der Waals surface area contributed by atoms with E-state index in [0.29, 0.717) is 5.89 Å². The lowest BCUT2D eigenvalue weighted by atomic mass is 10.1. The zero-order chi connectivity index (χ0) is 14.1. The standard InChI is InChI=1S/C14H20N4O2/c1-4-13-15-14(17-20-13)12-6-5-7-18(12)8-11-9(2)16-19-10(11)3/h12H,4-8H2,1-3H3/t12-/m1/s1. The molecule has 1 saturated heterocycles. The van der Waals surface area contributed by atoms with Crippen LogP contribution >= 0.6 is 0 Å². The summed E-state index contributed by atoms with van der Waals surface area (Å²) >= 11 is 0. The summed E-state index contributed by atoms with van der Waals surface area (Å²) in [6.45, 7) is 7.85. The number of aromatic nitrogens is 3. The second kappa shape index (κ2) is 5.36. The molecule has 1 aliphatic heterocycles. The monoisotopic (exact) mass is 276 g/mol. The SMILES string of the molecule is CCc1nc([C@H]2CCCN2Cc2c(C)noc2C)no1. The molecule has 3 rings (SSSR count). The van der Waals surface area contributed by atoms with Gasteiger partial charge in [0.1, 0.15) is 5.76 Å². The fourth-order valence-corrected chi connectivity index (χ4v) is 2.79. The lowest BCUT2D eigenvalue weighted by Crippen LogP contribution is -2.24. The summed E-state index contributed by atoms with van der Waals surface area (Å²) in [5.74, 6) is 2.42. The maximum atomic E-state index is 5.24. The van der Waals surface area contributed by atoms with Crippen LogP contribution in [0, 0.1) is 13.8 Å². The van der Waals surface area contributed by atoms with Crippen molar-refractivity contribution in [2.75, 3.05) is 6.54 Å². The van der Waals surface area contributed by atoms with Crippen molar-refractivity contribution in [1.82, 2.24) is 20.2 Å². The normalized spacial score (nSPS) is 19.9. The minimum atomic E-state index is 0.243. The van der Waals surface area contributed by atoms with Crippen molar-refractivity contribution in [2.45, 2.75) is 52.6 Å². The van der Waals surface area contributed by atoms with Gasteiger partial charge in [-0.25, -0.2) is 0 Å². The Kier molecular flexibility index (Phi) is 3.56. The van der Waals surface area contributed by atoms with Gasteiger partial charge in [-0.15, -0.1) is 0 Å². The number of rotatable bonds is 4. The number of hydrogen-bond donors (Lipinski definition) is 0.